The Kier molecular flexibility index (Phi) is 5.17. The molecule has 6 atom stereocenters. The Hall–Kier alpha value is -1.10. The van der Waals surface area contributed by atoms with Crippen LogP contribution in [0.2, 0.25) is 0 Å². The van der Waals surface area contributed by atoms with Gasteiger partial charge >= 0.3 is 11.9 Å². The van der Waals surface area contributed by atoms with E-state index in [-0.39, 0.29) is 63.4 Å². The highest BCUT2D eigenvalue weighted by Gasteiger charge is 2.64. The van der Waals surface area contributed by atoms with E-state index in [1.807, 2.05) is 14.1 Å². The number of esters is 2. The van der Waals surface area contributed by atoms with Crippen LogP contribution in [0.25, 0.3) is 0 Å². The van der Waals surface area contributed by atoms with Crippen molar-refractivity contribution in [3.63, 3.8) is 0 Å². The Labute approximate surface area is 188 Å². The molecule has 4 bridgehead atoms. The molecular formula is C26H44NO4+. The first-order chi connectivity index (χ1) is 14.1. The van der Waals surface area contributed by atoms with Gasteiger partial charge in [-0.1, -0.05) is 41.5 Å². The minimum absolute atomic E-state index is 0.00285. The van der Waals surface area contributed by atoms with Gasteiger partial charge in [0.15, 0.2) is 13.1 Å². The van der Waals surface area contributed by atoms with Crippen molar-refractivity contribution in [2.24, 2.45) is 33.5 Å². The van der Waals surface area contributed by atoms with E-state index in [1.165, 1.54) is 12.8 Å². The molecule has 0 aromatic carbocycles. The molecule has 5 nitrogen and oxygen atoms in total. The van der Waals surface area contributed by atoms with E-state index in [2.05, 4.69) is 41.5 Å². The second kappa shape index (κ2) is 6.95. The molecule has 4 rings (SSSR count). The summed E-state index contributed by atoms with van der Waals surface area (Å²) in [6.07, 6.45) is 6.68. The zero-order valence-electron chi connectivity index (χ0n) is 21.0. The number of hydrogen-bond acceptors (Lipinski definition) is 4. The summed E-state index contributed by atoms with van der Waals surface area (Å²) in [5, 5.41) is 0. The molecule has 0 heterocycles. The molecule has 5 heteroatoms. The fourth-order valence-corrected chi connectivity index (χ4v) is 7.76. The lowest BCUT2D eigenvalue weighted by Gasteiger charge is -2.39. The lowest BCUT2D eigenvalue weighted by atomic mass is 9.70. The molecule has 0 saturated heterocycles. The highest BCUT2D eigenvalue weighted by atomic mass is 16.6. The maximum atomic E-state index is 12.8. The molecule has 0 aliphatic heterocycles. The van der Waals surface area contributed by atoms with Crippen molar-refractivity contribution in [3.8, 4) is 0 Å². The summed E-state index contributed by atoms with van der Waals surface area (Å²) < 4.78 is 12.3. The zero-order valence-corrected chi connectivity index (χ0v) is 21.0. The normalized spacial score (nSPS) is 42.1. The fraction of sp³-hybridized carbons (Fsp3) is 0.923. The smallest absolute Gasteiger partial charge is 0.362 e. The molecule has 0 aromatic rings. The van der Waals surface area contributed by atoms with Crippen LogP contribution >= 0.6 is 0 Å². The topological polar surface area (TPSA) is 52.6 Å². The number of hydrogen-bond donors (Lipinski definition) is 0. The summed E-state index contributed by atoms with van der Waals surface area (Å²) in [7, 11) is 3.84. The Morgan fingerprint density at radius 3 is 1.35 bits per heavy atom. The Balaban J connectivity index is 1.30. The van der Waals surface area contributed by atoms with Crippen LogP contribution in [-0.4, -0.2) is 55.8 Å². The zero-order chi connectivity index (χ0) is 23.0. The summed E-state index contributed by atoms with van der Waals surface area (Å²) >= 11 is 0. The number of nitrogens with zero attached hydrogens (tertiary/aromatic N) is 1. The second-order valence-electron chi connectivity index (χ2n) is 13.4. The molecule has 176 valence electrons. The lowest BCUT2D eigenvalue weighted by Crippen LogP contribution is -2.50. The van der Waals surface area contributed by atoms with Crippen molar-refractivity contribution in [3.05, 3.63) is 0 Å². The maximum absolute atomic E-state index is 12.8. The fourth-order valence-electron chi connectivity index (χ4n) is 7.76. The lowest BCUT2D eigenvalue weighted by molar-refractivity contribution is -0.875. The number of fused-ring (bicyclic) bond motifs is 4. The van der Waals surface area contributed by atoms with Crippen molar-refractivity contribution >= 4 is 11.9 Å². The van der Waals surface area contributed by atoms with E-state index in [4.69, 9.17) is 9.47 Å². The van der Waals surface area contributed by atoms with Gasteiger partial charge in [-0.25, -0.2) is 9.59 Å². The van der Waals surface area contributed by atoms with Crippen molar-refractivity contribution in [2.45, 2.75) is 92.3 Å². The molecule has 4 saturated carbocycles. The molecule has 0 aromatic heterocycles. The van der Waals surface area contributed by atoms with E-state index in [9.17, 15) is 9.59 Å². The third-order valence-corrected chi connectivity index (χ3v) is 11.1. The molecule has 0 spiro atoms. The second-order valence-corrected chi connectivity index (χ2v) is 13.4. The number of carbonyl (C=O) groups excluding carboxylic acids is 2. The summed E-state index contributed by atoms with van der Waals surface area (Å²) in [6.45, 7) is 14.3. The van der Waals surface area contributed by atoms with Crippen LogP contribution in [-0.2, 0) is 19.1 Å². The van der Waals surface area contributed by atoms with Crippen LogP contribution in [0.1, 0.15) is 80.1 Å². The first kappa shape index (κ1) is 23.1. The molecule has 4 aliphatic carbocycles. The molecule has 0 radical (unpaired) electrons. The van der Waals surface area contributed by atoms with Crippen LogP contribution in [0.15, 0.2) is 0 Å². The number of likely N-dealkylation sites (N-methyl/N-ethyl adjacent to an activating group) is 1. The van der Waals surface area contributed by atoms with Crippen LogP contribution in [0, 0.1) is 33.5 Å². The molecule has 0 unspecified atom stereocenters. The summed E-state index contributed by atoms with van der Waals surface area (Å²) in [5.74, 6) is 0.890. The number of ether oxygens (including phenoxy) is 2. The number of quaternary nitrogens is 1. The largest absolute Gasteiger partial charge is 0.458 e. The van der Waals surface area contributed by atoms with Crippen molar-refractivity contribution < 1.29 is 23.5 Å². The molecule has 4 aliphatic rings. The average Bonchev–Trinajstić information content (AvgIpc) is 3.12. The molecule has 31 heavy (non-hydrogen) atoms. The van der Waals surface area contributed by atoms with Crippen molar-refractivity contribution in [1.82, 2.24) is 0 Å². The molecule has 0 N–H and O–H groups in total. The van der Waals surface area contributed by atoms with Gasteiger partial charge in [0.2, 0.25) is 0 Å². The monoisotopic (exact) mass is 434 g/mol. The summed E-state index contributed by atoms with van der Waals surface area (Å²) in [5.41, 5.74) is 0.564. The van der Waals surface area contributed by atoms with Crippen LogP contribution in [0.3, 0.4) is 0 Å². The van der Waals surface area contributed by atoms with Gasteiger partial charge in [0.05, 0.1) is 14.1 Å². The van der Waals surface area contributed by atoms with Gasteiger partial charge < -0.3 is 14.0 Å². The Morgan fingerprint density at radius 1 is 0.742 bits per heavy atom. The van der Waals surface area contributed by atoms with Crippen molar-refractivity contribution in [1.29, 1.82) is 0 Å². The Bertz CT molecular complexity index is 709. The van der Waals surface area contributed by atoms with Crippen LogP contribution in [0.5, 0.6) is 0 Å². The van der Waals surface area contributed by atoms with Gasteiger partial charge in [-0.3, -0.25) is 0 Å². The van der Waals surface area contributed by atoms with Gasteiger partial charge in [-0.2, -0.15) is 0 Å². The predicted octanol–water partition coefficient (Wildman–Crippen LogP) is 4.58. The maximum Gasteiger partial charge on any atom is 0.362 e. The number of carbonyl (C=O) groups is 2. The minimum Gasteiger partial charge on any atom is -0.458 e. The SMILES string of the molecule is CC1(C)[C@@H]2CC[C@]1(C)[C@@H](OC(=O)C[N+](C)(C)CC(=O)O[C@@H]1C[C@@H]3CC[C@@]1(C)C3(C)C)C2. The van der Waals surface area contributed by atoms with Gasteiger partial charge in [-0.05, 0) is 61.2 Å². The molecular weight excluding hydrogens is 390 g/mol. The highest BCUT2D eigenvalue weighted by Crippen LogP contribution is 2.67. The standard InChI is InChI=1S/C26H44NO4/c1-23(2)17-9-11-25(23,5)19(13-17)30-21(28)15-27(7,8)16-22(29)31-20-14-18-10-12-26(20,6)24(18,3)4/h17-20H,9-16H2,1-8H3/q+1/t17-,18+,19+,20-,25-,26-/m1/s1. The first-order valence-electron chi connectivity index (χ1n) is 12.3. The molecule has 4 fully saturated rings. The third-order valence-electron chi connectivity index (χ3n) is 11.1. The summed E-state index contributed by atoms with van der Waals surface area (Å²) in [4.78, 5) is 25.6. The van der Waals surface area contributed by atoms with E-state index in [0.717, 1.165) is 25.7 Å². The minimum atomic E-state index is -0.194. The van der Waals surface area contributed by atoms with Gasteiger partial charge in [-0.15, -0.1) is 0 Å². The number of rotatable bonds is 6. The van der Waals surface area contributed by atoms with Gasteiger partial charge in [0, 0.05) is 10.8 Å². The van der Waals surface area contributed by atoms with E-state index >= 15 is 0 Å². The first-order valence-corrected chi connectivity index (χ1v) is 12.3. The van der Waals surface area contributed by atoms with Gasteiger partial charge in [0.1, 0.15) is 12.2 Å². The van der Waals surface area contributed by atoms with Crippen LogP contribution in [0.4, 0.5) is 0 Å². The highest BCUT2D eigenvalue weighted by molar-refractivity contribution is 5.73. The van der Waals surface area contributed by atoms with Crippen LogP contribution < -0.4 is 0 Å². The van der Waals surface area contributed by atoms with E-state index < -0.39 is 0 Å². The van der Waals surface area contributed by atoms with E-state index in [1.54, 1.807) is 0 Å². The van der Waals surface area contributed by atoms with E-state index in [0.29, 0.717) is 11.8 Å². The Morgan fingerprint density at radius 2 is 1.10 bits per heavy atom. The van der Waals surface area contributed by atoms with Gasteiger partial charge in [0.25, 0.3) is 0 Å². The average molecular weight is 435 g/mol. The predicted molar refractivity (Wildman–Crippen MR) is 120 cm³/mol. The molecule has 0 amide bonds. The van der Waals surface area contributed by atoms with Crippen molar-refractivity contribution in [2.75, 3.05) is 27.2 Å². The summed E-state index contributed by atoms with van der Waals surface area (Å²) in [6, 6.07) is 0. The third kappa shape index (κ3) is 3.36. The quantitative estimate of drug-likeness (QED) is 0.454.